The third-order valence-corrected chi connectivity index (χ3v) is 3.81. The van der Waals surface area contributed by atoms with Gasteiger partial charge < -0.3 is 9.64 Å². The van der Waals surface area contributed by atoms with Crippen LogP contribution in [0.3, 0.4) is 0 Å². The van der Waals surface area contributed by atoms with E-state index in [0.29, 0.717) is 6.04 Å². The van der Waals surface area contributed by atoms with Gasteiger partial charge in [0.1, 0.15) is 5.60 Å². The number of aromatic nitrogens is 1. The van der Waals surface area contributed by atoms with E-state index in [2.05, 4.69) is 16.9 Å². The molecule has 1 aliphatic rings. The molecule has 1 aromatic heterocycles. The molecule has 0 N–H and O–H groups in total. The minimum absolute atomic E-state index is 0.205. The fourth-order valence-electron chi connectivity index (χ4n) is 2.68. The van der Waals surface area contributed by atoms with Crippen LogP contribution in [0.15, 0.2) is 24.4 Å². The molecule has 0 aromatic carbocycles. The van der Waals surface area contributed by atoms with Crippen molar-refractivity contribution in [1.29, 1.82) is 0 Å². The SMILES string of the molecule is CN(Cc1ccccn1)C1CCCN(C(=O)OC(C)(C)C)C1. The highest BCUT2D eigenvalue weighted by Gasteiger charge is 2.29. The number of rotatable bonds is 3. The van der Waals surface area contributed by atoms with Gasteiger partial charge in [0.2, 0.25) is 0 Å². The second-order valence-corrected chi connectivity index (χ2v) is 6.96. The molecule has 1 unspecified atom stereocenters. The van der Waals surface area contributed by atoms with E-state index >= 15 is 0 Å². The fraction of sp³-hybridized carbons (Fsp3) is 0.647. The monoisotopic (exact) mass is 305 g/mol. The van der Waals surface area contributed by atoms with E-state index in [0.717, 1.165) is 38.2 Å². The Labute approximate surface area is 133 Å². The quantitative estimate of drug-likeness (QED) is 0.861. The van der Waals surface area contributed by atoms with Gasteiger partial charge in [-0.05, 0) is 52.8 Å². The van der Waals surface area contributed by atoms with E-state index in [4.69, 9.17) is 4.74 Å². The molecule has 1 atom stereocenters. The number of piperidine rings is 1. The molecule has 0 spiro atoms. The van der Waals surface area contributed by atoms with Crippen LogP contribution in [0.5, 0.6) is 0 Å². The second-order valence-electron chi connectivity index (χ2n) is 6.96. The van der Waals surface area contributed by atoms with Crippen LogP contribution in [-0.2, 0) is 11.3 Å². The second kappa shape index (κ2) is 7.09. The Morgan fingerprint density at radius 1 is 1.45 bits per heavy atom. The van der Waals surface area contributed by atoms with E-state index in [9.17, 15) is 4.79 Å². The van der Waals surface area contributed by atoms with Crippen LogP contribution >= 0.6 is 0 Å². The average molecular weight is 305 g/mol. The van der Waals surface area contributed by atoms with Crippen LogP contribution in [0.2, 0.25) is 0 Å². The van der Waals surface area contributed by atoms with Gasteiger partial charge >= 0.3 is 6.09 Å². The van der Waals surface area contributed by atoms with Crippen LogP contribution in [-0.4, -0.2) is 52.7 Å². The van der Waals surface area contributed by atoms with Crippen molar-refractivity contribution < 1.29 is 9.53 Å². The lowest BCUT2D eigenvalue weighted by Crippen LogP contribution is -2.49. The van der Waals surface area contributed by atoms with Gasteiger partial charge in [0.25, 0.3) is 0 Å². The summed E-state index contributed by atoms with van der Waals surface area (Å²) in [6.45, 7) is 8.01. The summed E-state index contributed by atoms with van der Waals surface area (Å²) < 4.78 is 5.48. The normalized spacial score (nSPS) is 19.3. The number of likely N-dealkylation sites (N-methyl/N-ethyl adjacent to an activating group) is 1. The first kappa shape index (κ1) is 16.7. The molecule has 5 heteroatoms. The molecule has 0 aliphatic carbocycles. The predicted molar refractivity (Wildman–Crippen MR) is 86.5 cm³/mol. The fourth-order valence-corrected chi connectivity index (χ4v) is 2.68. The zero-order chi connectivity index (χ0) is 16.2. The highest BCUT2D eigenvalue weighted by atomic mass is 16.6. The summed E-state index contributed by atoms with van der Waals surface area (Å²) in [7, 11) is 2.10. The number of hydrogen-bond acceptors (Lipinski definition) is 4. The maximum absolute atomic E-state index is 12.2. The van der Waals surface area contributed by atoms with Crippen molar-refractivity contribution in [1.82, 2.24) is 14.8 Å². The third kappa shape index (κ3) is 4.98. The molecule has 2 rings (SSSR count). The summed E-state index contributed by atoms with van der Waals surface area (Å²) in [5.41, 5.74) is 0.614. The van der Waals surface area contributed by atoms with Gasteiger partial charge in [-0.15, -0.1) is 0 Å². The topological polar surface area (TPSA) is 45.7 Å². The predicted octanol–water partition coefficient (Wildman–Crippen LogP) is 2.91. The summed E-state index contributed by atoms with van der Waals surface area (Å²) >= 11 is 0. The van der Waals surface area contributed by atoms with Crippen LogP contribution < -0.4 is 0 Å². The van der Waals surface area contributed by atoms with Crippen LogP contribution in [0.1, 0.15) is 39.3 Å². The number of pyridine rings is 1. The molecule has 1 fully saturated rings. The van der Waals surface area contributed by atoms with Crippen molar-refractivity contribution in [2.45, 2.75) is 51.8 Å². The van der Waals surface area contributed by atoms with E-state index in [1.54, 1.807) is 0 Å². The van der Waals surface area contributed by atoms with Gasteiger partial charge in [0, 0.05) is 31.9 Å². The lowest BCUT2D eigenvalue weighted by Gasteiger charge is -2.38. The first-order chi connectivity index (χ1) is 10.3. The van der Waals surface area contributed by atoms with E-state index in [-0.39, 0.29) is 6.09 Å². The van der Waals surface area contributed by atoms with Gasteiger partial charge in [-0.3, -0.25) is 9.88 Å². The smallest absolute Gasteiger partial charge is 0.410 e. The molecule has 1 saturated heterocycles. The van der Waals surface area contributed by atoms with Crippen molar-refractivity contribution in [3.63, 3.8) is 0 Å². The largest absolute Gasteiger partial charge is 0.444 e. The van der Waals surface area contributed by atoms with E-state index in [1.807, 2.05) is 50.1 Å². The van der Waals surface area contributed by atoms with Crippen LogP contribution in [0.4, 0.5) is 4.79 Å². The Hall–Kier alpha value is -1.62. The average Bonchev–Trinajstić information content (AvgIpc) is 2.46. The highest BCUT2D eigenvalue weighted by molar-refractivity contribution is 5.68. The maximum Gasteiger partial charge on any atom is 0.410 e. The zero-order valence-electron chi connectivity index (χ0n) is 14.1. The maximum atomic E-state index is 12.2. The molecule has 122 valence electrons. The number of nitrogens with zero attached hydrogens (tertiary/aromatic N) is 3. The lowest BCUT2D eigenvalue weighted by molar-refractivity contribution is 0.0120. The molecule has 1 aliphatic heterocycles. The standard InChI is InChI=1S/C17H27N3O2/c1-17(2,3)22-16(21)20-11-7-9-15(13-20)19(4)12-14-8-5-6-10-18-14/h5-6,8,10,15H,7,9,11-13H2,1-4H3. The Morgan fingerprint density at radius 3 is 2.86 bits per heavy atom. The summed E-state index contributed by atoms with van der Waals surface area (Å²) in [6.07, 6.45) is 3.72. The lowest BCUT2D eigenvalue weighted by atomic mass is 10.0. The van der Waals surface area contributed by atoms with Crippen molar-refractivity contribution in [3.05, 3.63) is 30.1 Å². The number of ether oxygens (including phenoxy) is 1. The molecule has 1 aromatic rings. The molecule has 22 heavy (non-hydrogen) atoms. The Balaban J connectivity index is 1.91. The number of carbonyl (C=O) groups is 1. The minimum atomic E-state index is -0.441. The summed E-state index contributed by atoms with van der Waals surface area (Å²) in [4.78, 5) is 20.7. The molecule has 0 radical (unpaired) electrons. The summed E-state index contributed by atoms with van der Waals surface area (Å²) in [6, 6.07) is 6.31. The van der Waals surface area contributed by atoms with Gasteiger partial charge in [0.15, 0.2) is 0 Å². The molecule has 0 bridgehead atoms. The highest BCUT2D eigenvalue weighted by Crippen LogP contribution is 2.19. The van der Waals surface area contributed by atoms with Gasteiger partial charge in [-0.25, -0.2) is 4.79 Å². The Morgan fingerprint density at radius 2 is 2.23 bits per heavy atom. The first-order valence-electron chi connectivity index (χ1n) is 7.93. The molecule has 5 nitrogen and oxygen atoms in total. The van der Waals surface area contributed by atoms with Crippen molar-refractivity contribution in [2.75, 3.05) is 20.1 Å². The minimum Gasteiger partial charge on any atom is -0.444 e. The number of carbonyl (C=O) groups excluding carboxylic acids is 1. The van der Waals surface area contributed by atoms with Gasteiger partial charge in [-0.2, -0.15) is 0 Å². The third-order valence-electron chi connectivity index (χ3n) is 3.81. The van der Waals surface area contributed by atoms with Crippen molar-refractivity contribution >= 4 is 6.09 Å². The van der Waals surface area contributed by atoms with E-state index < -0.39 is 5.60 Å². The van der Waals surface area contributed by atoms with E-state index in [1.165, 1.54) is 0 Å². The molecule has 0 saturated carbocycles. The summed E-state index contributed by atoms with van der Waals surface area (Å²) in [5.74, 6) is 0. The van der Waals surface area contributed by atoms with Crippen LogP contribution in [0.25, 0.3) is 0 Å². The van der Waals surface area contributed by atoms with Crippen molar-refractivity contribution in [3.8, 4) is 0 Å². The molecular weight excluding hydrogens is 278 g/mol. The molecular formula is C17H27N3O2. The number of amides is 1. The molecule has 1 amide bonds. The molecule has 2 heterocycles. The van der Waals surface area contributed by atoms with Gasteiger partial charge in [0.05, 0.1) is 5.69 Å². The zero-order valence-corrected chi connectivity index (χ0v) is 14.1. The Kier molecular flexibility index (Phi) is 5.40. The Bertz CT molecular complexity index is 484. The van der Waals surface area contributed by atoms with Gasteiger partial charge in [-0.1, -0.05) is 6.07 Å². The number of hydrogen-bond donors (Lipinski definition) is 0. The van der Waals surface area contributed by atoms with Crippen molar-refractivity contribution in [2.24, 2.45) is 0 Å². The first-order valence-corrected chi connectivity index (χ1v) is 7.93. The van der Waals surface area contributed by atoms with Crippen LogP contribution in [0, 0.1) is 0 Å². The summed E-state index contributed by atoms with van der Waals surface area (Å²) in [5, 5.41) is 0. The number of likely N-dealkylation sites (tertiary alicyclic amines) is 1.